The van der Waals surface area contributed by atoms with Crippen LogP contribution in [0.25, 0.3) is 10.6 Å². The van der Waals surface area contributed by atoms with Gasteiger partial charge in [0.2, 0.25) is 4.96 Å². The molecule has 0 spiro atoms. The minimum absolute atomic E-state index is 0.211. The van der Waals surface area contributed by atoms with Crippen molar-refractivity contribution >= 4 is 28.1 Å². The molecule has 0 saturated carbocycles. The Balaban J connectivity index is 1.61. The summed E-state index contributed by atoms with van der Waals surface area (Å²) in [6, 6.07) is 7.88. The van der Waals surface area contributed by atoms with Crippen molar-refractivity contribution in [2.45, 2.75) is 24.3 Å². The van der Waals surface area contributed by atoms with Crippen molar-refractivity contribution in [1.29, 1.82) is 0 Å². The first kappa shape index (κ1) is 16.9. The van der Waals surface area contributed by atoms with Crippen LogP contribution in [-0.2, 0) is 12.2 Å². The molecule has 7 nitrogen and oxygen atoms in total. The molecule has 26 heavy (non-hydrogen) atoms. The number of benzene rings is 1. The minimum Gasteiger partial charge on any atom is -0.274 e. The second-order valence-corrected chi connectivity index (χ2v) is 7.34. The van der Waals surface area contributed by atoms with Gasteiger partial charge in [-0.2, -0.15) is 9.61 Å². The lowest BCUT2D eigenvalue weighted by molar-refractivity contribution is 0.613. The van der Waals surface area contributed by atoms with E-state index < -0.39 is 0 Å². The van der Waals surface area contributed by atoms with E-state index in [1.807, 2.05) is 6.92 Å². The fraction of sp³-hybridized carbons (Fsp3) is 0.188. The SMILES string of the molecule is CCc1nn2c(=O)cc(CSc3nncn3-c3ccccc3F)nc2s1. The van der Waals surface area contributed by atoms with Gasteiger partial charge in [0, 0.05) is 11.8 Å². The van der Waals surface area contributed by atoms with Gasteiger partial charge in [0.05, 0.1) is 11.4 Å². The van der Waals surface area contributed by atoms with Crippen LogP contribution in [0.3, 0.4) is 0 Å². The quantitative estimate of drug-likeness (QED) is 0.489. The molecule has 0 atom stereocenters. The number of hydrogen-bond donors (Lipinski definition) is 0. The highest BCUT2D eigenvalue weighted by Gasteiger charge is 2.13. The van der Waals surface area contributed by atoms with E-state index in [2.05, 4.69) is 20.3 Å². The smallest absolute Gasteiger partial charge is 0.274 e. The van der Waals surface area contributed by atoms with Gasteiger partial charge in [-0.15, -0.1) is 10.2 Å². The predicted molar refractivity (Wildman–Crippen MR) is 97.4 cm³/mol. The van der Waals surface area contributed by atoms with Crippen LogP contribution in [0.2, 0.25) is 0 Å². The zero-order valence-electron chi connectivity index (χ0n) is 13.7. The standard InChI is InChI=1S/C16H13FN6OS2/c1-2-13-21-23-14(24)7-10(19-15(23)26-13)8-25-16-20-18-9-22(16)12-6-4-3-5-11(12)17/h3-7,9H,2,8H2,1H3. The van der Waals surface area contributed by atoms with Gasteiger partial charge in [0.15, 0.2) is 5.16 Å². The second-order valence-electron chi connectivity index (χ2n) is 5.35. The summed E-state index contributed by atoms with van der Waals surface area (Å²) in [6.07, 6.45) is 2.21. The van der Waals surface area contributed by atoms with Gasteiger partial charge in [-0.25, -0.2) is 9.37 Å². The Bertz CT molecular complexity index is 1140. The molecule has 4 aromatic rings. The van der Waals surface area contributed by atoms with Crippen molar-refractivity contribution in [3.63, 3.8) is 0 Å². The van der Waals surface area contributed by atoms with E-state index in [1.54, 1.807) is 22.8 Å². The van der Waals surface area contributed by atoms with Crippen LogP contribution in [0.15, 0.2) is 46.6 Å². The molecule has 0 radical (unpaired) electrons. The van der Waals surface area contributed by atoms with E-state index in [9.17, 15) is 9.18 Å². The lowest BCUT2D eigenvalue weighted by Gasteiger charge is -2.06. The van der Waals surface area contributed by atoms with E-state index in [-0.39, 0.29) is 11.4 Å². The van der Waals surface area contributed by atoms with Crippen LogP contribution in [0.4, 0.5) is 4.39 Å². The highest BCUT2D eigenvalue weighted by molar-refractivity contribution is 7.98. The molecule has 1 aromatic carbocycles. The molecule has 0 unspecified atom stereocenters. The van der Waals surface area contributed by atoms with Gasteiger partial charge in [0.25, 0.3) is 5.56 Å². The summed E-state index contributed by atoms with van der Waals surface area (Å²) in [4.78, 5) is 17.3. The van der Waals surface area contributed by atoms with Crippen molar-refractivity contribution in [3.8, 4) is 5.69 Å². The molecule has 0 amide bonds. The zero-order chi connectivity index (χ0) is 18.1. The van der Waals surface area contributed by atoms with E-state index in [0.29, 0.717) is 27.3 Å². The van der Waals surface area contributed by atoms with Gasteiger partial charge >= 0.3 is 0 Å². The third kappa shape index (κ3) is 3.13. The molecule has 0 aliphatic carbocycles. The fourth-order valence-electron chi connectivity index (χ4n) is 2.39. The number of rotatable bonds is 5. The number of hydrogen-bond acceptors (Lipinski definition) is 7. The van der Waals surface area contributed by atoms with Crippen molar-refractivity contribution in [1.82, 2.24) is 29.4 Å². The number of para-hydroxylation sites is 1. The maximum Gasteiger partial charge on any atom is 0.275 e. The lowest BCUT2D eigenvalue weighted by Crippen LogP contribution is -2.15. The first-order chi connectivity index (χ1) is 12.7. The Labute approximate surface area is 155 Å². The van der Waals surface area contributed by atoms with E-state index in [0.717, 1.165) is 11.4 Å². The summed E-state index contributed by atoms with van der Waals surface area (Å²) in [5.41, 5.74) is 0.782. The first-order valence-corrected chi connectivity index (χ1v) is 9.62. The maximum atomic E-state index is 14.0. The summed E-state index contributed by atoms with van der Waals surface area (Å²) in [5, 5.41) is 13.5. The van der Waals surface area contributed by atoms with E-state index in [4.69, 9.17) is 0 Å². The summed E-state index contributed by atoms with van der Waals surface area (Å²) in [6.45, 7) is 1.98. The molecule has 3 heterocycles. The lowest BCUT2D eigenvalue weighted by atomic mass is 10.3. The average molecular weight is 388 g/mol. The summed E-state index contributed by atoms with van der Waals surface area (Å²) >= 11 is 2.74. The molecule has 0 bridgehead atoms. The molecule has 4 rings (SSSR count). The molecule has 0 N–H and O–H groups in total. The summed E-state index contributed by atoms with van der Waals surface area (Å²) in [7, 11) is 0. The van der Waals surface area contributed by atoms with Crippen molar-refractivity contribution in [2.75, 3.05) is 0 Å². The monoisotopic (exact) mass is 388 g/mol. The Morgan fingerprint density at radius 2 is 2.15 bits per heavy atom. The largest absolute Gasteiger partial charge is 0.275 e. The van der Waals surface area contributed by atoms with Gasteiger partial charge in [-0.3, -0.25) is 9.36 Å². The molecule has 0 fully saturated rings. The van der Waals surface area contributed by atoms with Crippen molar-refractivity contribution < 1.29 is 4.39 Å². The van der Waals surface area contributed by atoms with Crippen LogP contribution in [0.5, 0.6) is 0 Å². The number of nitrogens with zero attached hydrogens (tertiary/aromatic N) is 6. The van der Waals surface area contributed by atoms with E-state index >= 15 is 0 Å². The molecule has 3 aromatic heterocycles. The minimum atomic E-state index is -0.358. The molecule has 132 valence electrons. The summed E-state index contributed by atoms with van der Waals surface area (Å²) in [5.74, 6) is 0.0572. The van der Waals surface area contributed by atoms with Crippen LogP contribution in [0, 0.1) is 5.82 Å². The predicted octanol–water partition coefficient (Wildman–Crippen LogP) is 2.73. The third-order valence-corrected chi connectivity index (χ3v) is 5.65. The first-order valence-electron chi connectivity index (χ1n) is 7.82. The maximum absolute atomic E-state index is 14.0. The Morgan fingerprint density at radius 1 is 1.31 bits per heavy atom. The van der Waals surface area contributed by atoms with Crippen molar-refractivity contribution in [2.24, 2.45) is 0 Å². The topological polar surface area (TPSA) is 78.0 Å². The molecular formula is C16H13FN6OS2. The Hall–Kier alpha value is -2.59. The van der Waals surface area contributed by atoms with Crippen molar-refractivity contribution in [3.05, 3.63) is 63.5 Å². The van der Waals surface area contributed by atoms with Gasteiger partial charge in [-0.05, 0) is 18.6 Å². The second kappa shape index (κ2) is 6.96. The Kier molecular flexibility index (Phi) is 4.51. The molecular weight excluding hydrogens is 375 g/mol. The number of thioether (sulfide) groups is 1. The van der Waals surface area contributed by atoms with Gasteiger partial charge in [-0.1, -0.05) is 42.2 Å². The fourth-order valence-corrected chi connectivity index (χ4v) is 4.06. The zero-order valence-corrected chi connectivity index (χ0v) is 15.3. The number of halogens is 1. The third-order valence-electron chi connectivity index (χ3n) is 3.62. The Morgan fingerprint density at radius 3 is 2.96 bits per heavy atom. The summed E-state index contributed by atoms with van der Waals surface area (Å²) < 4.78 is 16.9. The normalized spacial score (nSPS) is 11.3. The van der Waals surface area contributed by atoms with Crippen LogP contribution in [0.1, 0.15) is 17.6 Å². The molecule has 0 aliphatic rings. The number of aromatic nitrogens is 6. The van der Waals surface area contributed by atoms with Crippen LogP contribution >= 0.6 is 23.1 Å². The molecule has 0 aliphatic heterocycles. The highest BCUT2D eigenvalue weighted by Crippen LogP contribution is 2.24. The number of aryl methyl sites for hydroxylation is 1. The highest BCUT2D eigenvalue weighted by atomic mass is 32.2. The molecule has 10 heteroatoms. The van der Waals surface area contributed by atoms with Gasteiger partial charge in [0.1, 0.15) is 17.2 Å². The van der Waals surface area contributed by atoms with Gasteiger partial charge < -0.3 is 0 Å². The average Bonchev–Trinajstić information content (AvgIpc) is 3.27. The van der Waals surface area contributed by atoms with E-state index in [1.165, 1.54) is 46.1 Å². The van der Waals surface area contributed by atoms with Crippen LogP contribution < -0.4 is 5.56 Å². The number of fused-ring (bicyclic) bond motifs is 1. The molecule has 0 saturated heterocycles. The van der Waals surface area contributed by atoms with Crippen LogP contribution in [-0.4, -0.2) is 29.4 Å².